The highest BCUT2D eigenvalue weighted by Gasteiger charge is 2.28. The Kier molecular flexibility index (Phi) is 10.2. The van der Waals surface area contributed by atoms with Gasteiger partial charge >= 0.3 is 11.9 Å². The second-order valence-corrected chi connectivity index (χ2v) is 8.94. The summed E-state index contributed by atoms with van der Waals surface area (Å²) in [6, 6.07) is 12.1. The number of hydrogen-bond donors (Lipinski definition) is 2. The minimum atomic E-state index is -0.493. The van der Waals surface area contributed by atoms with Crippen LogP contribution in [0.5, 0.6) is 5.75 Å². The Morgan fingerprint density at radius 3 is 2.46 bits per heavy atom. The Labute approximate surface area is 207 Å². The summed E-state index contributed by atoms with van der Waals surface area (Å²) < 4.78 is 16.7. The van der Waals surface area contributed by atoms with Gasteiger partial charge in [0.1, 0.15) is 12.4 Å². The lowest BCUT2D eigenvalue weighted by Crippen LogP contribution is -2.29. The third kappa shape index (κ3) is 8.76. The van der Waals surface area contributed by atoms with Crippen LogP contribution in [0.3, 0.4) is 0 Å². The standard InChI is InChI=1S/C28H36N2O5/c1-2-3-4-17-33-24-13-8-21(9-14-24)28(32)35-25-11-5-20(6-12-25)7-16-27(31)34-19-22-18-23(29)10-15-26(22)30/h5-7,10-12,15-16,18,21,24H,2-4,8-9,13-14,17,19,29-30H2,1H3/b16-7+. The van der Waals surface area contributed by atoms with E-state index in [1.807, 2.05) is 0 Å². The van der Waals surface area contributed by atoms with Gasteiger partial charge in [-0.05, 0) is 74.1 Å². The van der Waals surface area contributed by atoms with E-state index in [9.17, 15) is 9.59 Å². The molecule has 1 saturated carbocycles. The normalized spacial score (nSPS) is 17.9. The third-order valence-electron chi connectivity index (χ3n) is 6.16. The van der Waals surface area contributed by atoms with Crippen molar-refractivity contribution in [3.63, 3.8) is 0 Å². The van der Waals surface area contributed by atoms with Crippen molar-refractivity contribution in [2.24, 2.45) is 5.92 Å². The Bertz CT molecular complexity index is 995. The number of anilines is 2. The highest BCUT2D eigenvalue weighted by molar-refractivity contribution is 5.87. The van der Waals surface area contributed by atoms with E-state index in [1.165, 1.54) is 18.9 Å². The van der Waals surface area contributed by atoms with Crippen molar-refractivity contribution < 1.29 is 23.8 Å². The molecule has 0 heterocycles. The van der Waals surface area contributed by atoms with Crippen LogP contribution >= 0.6 is 0 Å². The summed E-state index contributed by atoms with van der Waals surface area (Å²) in [5, 5.41) is 0. The lowest BCUT2D eigenvalue weighted by molar-refractivity contribution is -0.141. The van der Waals surface area contributed by atoms with E-state index < -0.39 is 5.97 Å². The van der Waals surface area contributed by atoms with Gasteiger partial charge < -0.3 is 25.7 Å². The monoisotopic (exact) mass is 480 g/mol. The van der Waals surface area contributed by atoms with Crippen LogP contribution in [0, 0.1) is 5.92 Å². The van der Waals surface area contributed by atoms with Crippen LogP contribution in [0.2, 0.25) is 0 Å². The summed E-state index contributed by atoms with van der Waals surface area (Å²) in [6.07, 6.45) is 10.1. The molecule has 2 aromatic carbocycles. The molecule has 7 nitrogen and oxygen atoms in total. The van der Waals surface area contributed by atoms with E-state index >= 15 is 0 Å². The number of nitrogens with two attached hydrogens (primary N) is 2. The molecular formula is C28H36N2O5. The molecular weight excluding hydrogens is 444 g/mol. The van der Waals surface area contributed by atoms with Gasteiger partial charge in [-0.15, -0.1) is 0 Å². The molecule has 3 rings (SSSR count). The summed E-state index contributed by atoms with van der Waals surface area (Å²) in [4.78, 5) is 24.6. The van der Waals surface area contributed by atoms with Crippen molar-refractivity contribution in [2.45, 2.75) is 64.6 Å². The molecule has 2 aromatic rings. The molecule has 188 valence electrons. The van der Waals surface area contributed by atoms with Gasteiger partial charge in [0.2, 0.25) is 0 Å². The highest BCUT2D eigenvalue weighted by atomic mass is 16.5. The minimum Gasteiger partial charge on any atom is -0.458 e. The maximum atomic E-state index is 12.6. The van der Waals surface area contributed by atoms with Crippen LogP contribution in [-0.2, 0) is 25.7 Å². The van der Waals surface area contributed by atoms with Crippen LogP contribution in [0.25, 0.3) is 6.08 Å². The van der Waals surface area contributed by atoms with Crippen LogP contribution in [0.4, 0.5) is 11.4 Å². The molecule has 1 aliphatic carbocycles. The predicted octanol–water partition coefficient (Wildman–Crippen LogP) is 5.28. The number of carbonyl (C=O) groups is 2. The predicted molar refractivity (Wildman–Crippen MR) is 137 cm³/mol. The number of benzene rings is 2. The third-order valence-corrected chi connectivity index (χ3v) is 6.16. The van der Waals surface area contributed by atoms with E-state index in [0.717, 1.165) is 44.3 Å². The van der Waals surface area contributed by atoms with Crippen molar-refractivity contribution in [3.8, 4) is 5.75 Å². The average Bonchev–Trinajstić information content (AvgIpc) is 2.87. The van der Waals surface area contributed by atoms with Crippen molar-refractivity contribution in [2.75, 3.05) is 18.1 Å². The number of hydrogen-bond acceptors (Lipinski definition) is 7. The van der Waals surface area contributed by atoms with Crippen LogP contribution < -0.4 is 16.2 Å². The Hall–Kier alpha value is -3.32. The molecule has 1 aliphatic rings. The first-order valence-electron chi connectivity index (χ1n) is 12.4. The molecule has 0 atom stereocenters. The summed E-state index contributed by atoms with van der Waals surface area (Å²) in [6.45, 7) is 3.03. The summed E-state index contributed by atoms with van der Waals surface area (Å²) >= 11 is 0. The SMILES string of the molecule is CCCCCOC1CCC(C(=O)Oc2ccc(/C=C/C(=O)OCc3cc(N)ccc3N)cc2)CC1. The zero-order chi connectivity index (χ0) is 25.0. The van der Waals surface area contributed by atoms with E-state index in [0.29, 0.717) is 22.7 Å². The van der Waals surface area contributed by atoms with Gasteiger partial charge in [-0.3, -0.25) is 4.79 Å². The lowest BCUT2D eigenvalue weighted by Gasteiger charge is -2.27. The second-order valence-electron chi connectivity index (χ2n) is 8.94. The van der Waals surface area contributed by atoms with Gasteiger partial charge in [-0.1, -0.05) is 31.9 Å². The van der Waals surface area contributed by atoms with Crippen molar-refractivity contribution in [1.82, 2.24) is 0 Å². The maximum absolute atomic E-state index is 12.6. The topological polar surface area (TPSA) is 114 Å². The molecule has 0 amide bonds. The van der Waals surface area contributed by atoms with E-state index in [2.05, 4.69) is 6.92 Å². The zero-order valence-electron chi connectivity index (χ0n) is 20.4. The smallest absolute Gasteiger partial charge is 0.331 e. The fraction of sp³-hybridized carbons (Fsp3) is 0.429. The zero-order valence-corrected chi connectivity index (χ0v) is 20.4. The van der Waals surface area contributed by atoms with Crippen LogP contribution in [-0.4, -0.2) is 24.6 Å². The number of carbonyl (C=O) groups excluding carboxylic acids is 2. The second kappa shape index (κ2) is 13.5. The van der Waals surface area contributed by atoms with Crippen molar-refractivity contribution in [3.05, 3.63) is 59.7 Å². The van der Waals surface area contributed by atoms with Crippen LogP contribution in [0.15, 0.2) is 48.5 Å². The van der Waals surface area contributed by atoms with Crippen molar-refractivity contribution >= 4 is 29.4 Å². The van der Waals surface area contributed by atoms with Gasteiger partial charge in [0.15, 0.2) is 0 Å². The first kappa shape index (κ1) is 26.3. The average molecular weight is 481 g/mol. The highest BCUT2D eigenvalue weighted by Crippen LogP contribution is 2.28. The summed E-state index contributed by atoms with van der Waals surface area (Å²) in [5.74, 6) is -0.284. The number of rotatable bonds is 11. The first-order valence-corrected chi connectivity index (χ1v) is 12.4. The molecule has 0 spiro atoms. The molecule has 0 saturated heterocycles. The fourth-order valence-electron chi connectivity index (χ4n) is 4.03. The largest absolute Gasteiger partial charge is 0.458 e. The Balaban J connectivity index is 1.40. The molecule has 4 N–H and O–H groups in total. The molecule has 35 heavy (non-hydrogen) atoms. The lowest BCUT2D eigenvalue weighted by atomic mass is 9.87. The number of nitrogen functional groups attached to an aromatic ring is 2. The Morgan fingerprint density at radius 2 is 1.74 bits per heavy atom. The van der Waals surface area contributed by atoms with Gasteiger partial charge in [0.25, 0.3) is 0 Å². The van der Waals surface area contributed by atoms with E-state index in [1.54, 1.807) is 48.5 Å². The van der Waals surface area contributed by atoms with Gasteiger partial charge in [0, 0.05) is 29.6 Å². The molecule has 0 unspecified atom stereocenters. The molecule has 1 fully saturated rings. The summed E-state index contributed by atoms with van der Waals surface area (Å²) in [7, 11) is 0. The number of esters is 2. The summed E-state index contributed by atoms with van der Waals surface area (Å²) in [5.41, 5.74) is 14.1. The molecule has 0 bridgehead atoms. The van der Waals surface area contributed by atoms with Crippen LogP contribution in [0.1, 0.15) is 63.0 Å². The van der Waals surface area contributed by atoms with Crippen molar-refractivity contribution in [1.29, 1.82) is 0 Å². The molecule has 0 radical (unpaired) electrons. The van der Waals surface area contributed by atoms with Gasteiger partial charge in [-0.2, -0.15) is 0 Å². The van der Waals surface area contributed by atoms with E-state index in [-0.39, 0.29) is 24.6 Å². The number of ether oxygens (including phenoxy) is 3. The van der Waals surface area contributed by atoms with E-state index in [4.69, 9.17) is 25.7 Å². The molecule has 0 aromatic heterocycles. The molecule has 0 aliphatic heterocycles. The fourth-order valence-corrected chi connectivity index (χ4v) is 4.03. The molecule has 7 heteroatoms. The van der Waals surface area contributed by atoms with Gasteiger partial charge in [0.05, 0.1) is 12.0 Å². The minimum absolute atomic E-state index is 0.0435. The van der Waals surface area contributed by atoms with Gasteiger partial charge in [-0.25, -0.2) is 4.79 Å². The quantitative estimate of drug-likeness (QED) is 0.148. The first-order chi connectivity index (χ1) is 16.9. The Morgan fingerprint density at radius 1 is 1.00 bits per heavy atom. The number of unbranched alkanes of at least 4 members (excludes halogenated alkanes) is 2. The maximum Gasteiger partial charge on any atom is 0.331 e.